The zero-order valence-electron chi connectivity index (χ0n) is 18.8. The molecule has 2 N–H and O–H groups in total. The Bertz CT molecular complexity index is 1360. The lowest BCUT2D eigenvalue weighted by Crippen LogP contribution is -2.25. The molecule has 5 rings (SSSR count). The number of amides is 1. The summed E-state index contributed by atoms with van der Waals surface area (Å²) in [4.78, 5) is 22.9. The average Bonchev–Trinajstić information content (AvgIpc) is 3.59. The molecule has 1 aliphatic rings. The van der Waals surface area contributed by atoms with Crippen molar-refractivity contribution in [3.8, 4) is 0 Å². The number of ether oxygens (including phenoxy) is 1. The molecule has 0 spiro atoms. The second-order valence-corrected chi connectivity index (χ2v) is 10.0. The fourth-order valence-corrected chi connectivity index (χ4v) is 5.57. The SMILES string of the molecule is CO[C@@H](C(=O)Nc1nnc(N[C@@H]2CCN(c3nc4ncc(C(F)(F)F)cc4s3)C2)s1)c1ccccc1. The largest absolute Gasteiger partial charge is 0.417 e. The number of rotatable bonds is 7. The molecule has 0 radical (unpaired) electrons. The topological polar surface area (TPSA) is 105 Å². The van der Waals surface area contributed by atoms with E-state index in [0.29, 0.717) is 38.8 Å². The molecule has 4 aromatic rings. The summed E-state index contributed by atoms with van der Waals surface area (Å²) in [5, 5.41) is 15.7. The summed E-state index contributed by atoms with van der Waals surface area (Å²) in [6.07, 6.45) is -3.63. The minimum Gasteiger partial charge on any atom is -0.367 e. The molecule has 0 saturated carbocycles. The van der Waals surface area contributed by atoms with E-state index < -0.39 is 17.8 Å². The highest BCUT2D eigenvalue weighted by Crippen LogP contribution is 2.35. The van der Waals surface area contributed by atoms with Gasteiger partial charge in [0, 0.05) is 32.4 Å². The Labute approximate surface area is 211 Å². The lowest BCUT2D eigenvalue weighted by atomic mass is 10.1. The van der Waals surface area contributed by atoms with E-state index >= 15 is 0 Å². The number of hydrogen-bond acceptors (Lipinski definition) is 10. The number of halogens is 3. The lowest BCUT2D eigenvalue weighted by Gasteiger charge is -2.15. The molecule has 1 amide bonds. The van der Waals surface area contributed by atoms with Gasteiger partial charge in [-0.15, -0.1) is 10.2 Å². The Balaban J connectivity index is 1.19. The van der Waals surface area contributed by atoms with E-state index in [2.05, 4.69) is 30.8 Å². The normalized spacial score (nSPS) is 16.9. The highest BCUT2D eigenvalue weighted by atomic mass is 32.1. The molecule has 0 unspecified atom stereocenters. The van der Waals surface area contributed by atoms with Crippen molar-refractivity contribution < 1.29 is 22.7 Å². The fourth-order valence-electron chi connectivity index (χ4n) is 3.85. The fraction of sp³-hybridized carbons (Fsp3) is 0.318. The van der Waals surface area contributed by atoms with Gasteiger partial charge in [0.15, 0.2) is 16.9 Å². The number of methoxy groups -OCH3 is 1. The van der Waals surface area contributed by atoms with Crippen LogP contribution in [-0.4, -0.2) is 52.3 Å². The molecule has 4 heterocycles. The average molecular weight is 536 g/mol. The Hall–Kier alpha value is -3.36. The maximum Gasteiger partial charge on any atom is 0.417 e. The number of nitrogens with one attached hydrogen (secondary N) is 2. The highest BCUT2D eigenvalue weighted by molar-refractivity contribution is 7.22. The van der Waals surface area contributed by atoms with Crippen LogP contribution in [-0.2, 0) is 15.7 Å². The molecule has 1 aliphatic heterocycles. The second-order valence-electron chi connectivity index (χ2n) is 8.04. The number of hydrogen-bond donors (Lipinski definition) is 2. The first kappa shape index (κ1) is 24.3. The van der Waals surface area contributed by atoms with Crippen molar-refractivity contribution in [1.82, 2.24) is 20.2 Å². The van der Waals surface area contributed by atoms with Crippen molar-refractivity contribution in [3.63, 3.8) is 0 Å². The first-order chi connectivity index (χ1) is 17.3. The second kappa shape index (κ2) is 9.95. The van der Waals surface area contributed by atoms with Crippen LogP contribution in [0.3, 0.4) is 0 Å². The molecular weight excluding hydrogens is 515 g/mol. The molecule has 0 aliphatic carbocycles. The smallest absolute Gasteiger partial charge is 0.367 e. The number of anilines is 3. The first-order valence-electron chi connectivity index (χ1n) is 10.9. The highest BCUT2D eigenvalue weighted by Gasteiger charge is 2.32. The van der Waals surface area contributed by atoms with Gasteiger partial charge in [0.1, 0.15) is 0 Å². The maximum atomic E-state index is 13.0. The zero-order chi connectivity index (χ0) is 25.3. The van der Waals surface area contributed by atoms with Gasteiger partial charge < -0.3 is 15.0 Å². The molecule has 2 atom stereocenters. The van der Waals surface area contributed by atoms with Crippen LogP contribution in [0.2, 0.25) is 0 Å². The van der Waals surface area contributed by atoms with Gasteiger partial charge in [0.25, 0.3) is 5.91 Å². The minimum absolute atomic E-state index is 0.0308. The Morgan fingerprint density at radius 3 is 2.72 bits per heavy atom. The van der Waals surface area contributed by atoms with Crippen LogP contribution in [0.25, 0.3) is 10.3 Å². The quantitative estimate of drug-likeness (QED) is 0.354. The zero-order valence-corrected chi connectivity index (χ0v) is 20.5. The number of pyridine rings is 1. The number of fused-ring (bicyclic) bond motifs is 1. The lowest BCUT2D eigenvalue weighted by molar-refractivity contribution is -0.137. The van der Waals surface area contributed by atoms with Gasteiger partial charge in [-0.05, 0) is 18.1 Å². The molecule has 188 valence electrons. The van der Waals surface area contributed by atoms with Gasteiger partial charge in [-0.1, -0.05) is 53.0 Å². The van der Waals surface area contributed by atoms with Crippen molar-refractivity contribution in [2.24, 2.45) is 0 Å². The van der Waals surface area contributed by atoms with Crippen LogP contribution in [0.15, 0.2) is 42.6 Å². The standard InChI is InChI=1S/C22H20F3N7O2S2/c1-34-16(12-5-3-2-4-6-12)18(33)29-20-31-30-19(36-20)27-14-7-8-32(11-14)21-28-17-15(35-21)9-13(10-26-17)22(23,24)25/h2-6,9-10,14,16H,7-8,11H2,1H3,(H,27,30)(H,29,31,33)/t14-,16-/m1/s1. The number of carbonyl (C=O) groups is 1. The monoisotopic (exact) mass is 535 g/mol. The summed E-state index contributed by atoms with van der Waals surface area (Å²) in [5.41, 5.74) is 0.241. The summed E-state index contributed by atoms with van der Waals surface area (Å²) in [5.74, 6) is -0.350. The van der Waals surface area contributed by atoms with E-state index in [1.54, 1.807) is 0 Å². The maximum absolute atomic E-state index is 13.0. The Kier molecular flexibility index (Phi) is 6.73. The number of carbonyl (C=O) groups excluding carboxylic acids is 1. The minimum atomic E-state index is -4.44. The van der Waals surface area contributed by atoms with E-state index in [9.17, 15) is 18.0 Å². The molecule has 3 aromatic heterocycles. The van der Waals surface area contributed by atoms with E-state index in [1.807, 2.05) is 35.2 Å². The van der Waals surface area contributed by atoms with Crippen LogP contribution in [0.1, 0.15) is 23.7 Å². The van der Waals surface area contributed by atoms with Gasteiger partial charge in [0.05, 0.1) is 10.3 Å². The van der Waals surface area contributed by atoms with Crippen LogP contribution in [0.4, 0.5) is 28.6 Å². The molecule has 9 nitrogen and oxygen atoms in total. The molecule has 1 saturated heterocycles. The summed E-state index contributed by atoms with van der Waals surface area (Å²) in [6.45, 7) is 1.27. The number of thiazole rings is 1. The van der Waals surface area contributed by atoms with E-state index in [4.69, 9.17) is 4.74 Å². The van der Waals surface area contributed by atoms with E-state index in [1.165, 1.54) is 29.8 Å². The molecule has 1 fully saturated rings. The first-order valence-corrected chi connectivity index (χ1v) is 12.5. The van der Waals surface area contributed by atoms with Crippen LogP contribution >= 0.6 is 22.7 Å². The molecular formula is C22H20F3N7O2S2. The molecule has 1 aromatic carbocycles. The summed E-state index contributed by atoms with van der Waals surface area (Å²) in [6, 6.07) is 10.3. The number of benzene rings is 1. The molecule has 0 bridgehead atoms. The third-order valence-corrected chi connectivity index (χ3v) is 7.40. The van der Waals surface area contributed by atoms with E-state index in [-0.39, 0.29) is 11.9 Å². The third-order valence-electron chi connectivity index (χ3n) is 5.58. The van der Waals surface area contributed by atoms with Crippen LogP contribution in [0, 0.1) is 0 Å². The molecule has 14 heteroatoms. The molecule has 36 heavy (non-hydrogen) atoms. The number of nitrogens with zero attached hydrogens (tertiary/aromatic N) is 5. The van der Waals surface area contributed by atoms with Crippen LogP contribution in [0.5, 0.6) is 0 Å². The van der Waals surface area contributed by atoms with Crippen molar-refractivity contribution in [2.75, 3.05) is 35.7 Å². The predicted molar refractivity (Wildman–Crippen MR) is 131 cm³/mol. The van der Waals surface area contributed by atoms with Gasteiger partial charge in [-0.25, -0.2) is 4.98 Å². The number of aromatic nitrogens is 4. The predicted octanol–water partition coefficient (Wildman–Crippen LogP) is 4.58. The van der Waals surface area contributed by atoms with E-state index in [0.717, 1.165) is 24.2 Å². The summed E-state index contributed by atoms with van der Waals surface area (Å²) < 4.78 is 44.7. The Morgan fingerprint density at radius 1 is 1.19 bits per heavy atom. The van der Waals surface area contributed by atoms with Crippen molar-refractivity contribution in [2.45, 2.75) is 24.7 Å². The third kappa shape index (κ3) is 5.24. The van der Waals surface area contributed by atoms with Crippen LogP contribution < -0.4 is 15.5 Å². The van der Waals surface area contributed by atoms with Crippen molar-refractivity contribution >= 4 is 54.3 Å². The summed E-state index contributed by atoms with van der Waals surface area (Å²) in [7, 11) is 1.47. The van der Waals surface area contributed by atoms with Gasteiger partial charge in [-0.3, -0.25) is 10.1 Å². The van der Waals surface area contributed by atoms with Gasteiger partial charge in [0.2, 0.25) is 10.3 Å². The van der Waals surface area contributed by atoms with Gasteiger partial charge in [-0.2, -0.15) is 18.2 Å². The summed E-state index contributed by atoms with van der Waals surface area (Å²) >= 11 is 2.39. The number of alkyl halides is 3. The van der Waals surface area contributed by atoms with Crippen molar-refractivity contribution in [1.29, 1.82) is 0 Å². The Morgan fingerprint density at radius 2 is 1.97 bits per heavy atom. The van der Waals surface area contributed by atoms with Crippen molar-refractivity contribution in [3.05, 3.63) is 53.7 Å². The van der Waals surface area contributed by atoms with Gasteiger partial charge >= 0.3 is 6.18 Å².